The SMILES string of the molecule is CC(C)CCN(c1ccc(C#N)c(Cl)c1)C1CCN(C(=O)C2(O)CCCC2)C1. The van der Waals surface area contributed by atoms with Gasteiger partial charge in [0.2, 0.25) is 0 Å². The third-order valence-electron chi connectivity index (χ3n) is 6.07. The smallest absolute Gasteiger partial charge is 0.254 e. The first-order chi connectivity index (χ1) is 13.3. The van der Waals surface area contributed by atoms with E-state index in [0.29, 0.717) is 42.4 Å². The number of nitrogens with zero attached hydrogens (tertiary/aromatic N) is 3. The number of nitriles is 1. The van der Waals surface area contributed by atoms with Gasteiger partial charge in [-0.1, -0.05) is 25.4 Å². The largest absolute Gasteiger partial charge is 0.380 e. The molecule has 1 aromatic carbocycles. The normalized spacial score (nSPS) is 21.1. The molecule has 2 aliphatic rings. The molecule has 1 saturated heterocycles. The summed E-state index contributed by atoms with van der Waals surface area (Å²) >= 11 is 6.28. The Kier molecular flexibility index (Phi) is 6.52. The Balaban J connectivity index is 1.76. The third-order valence-corrected chi connectivity index (χ3v) is 6.38. The summed E-state index contributed by atoms with van der Waals surface area (Å²) in [5.74, 6) is 0.462. The van der Waals surface area contributed by atoms with E-state index in [2.05, 4.69) is 24.8 Å². The first-order valence-corrected chi connectivity index (χ1v) is 10.7. The number of anilines is 1. The van der Waals surface area contributed by atoms with Crippen molar-refractivity contribution >= 4 is 23.2 Å². The average molecular weight is 404 g/mol. The van der Waals surface area contributed by atoms with Crippen molar-refractivity contribution in [3.05, 3.63) is 28.8 Å². The van der Waals surface area contributed by atoms with Crippen LogP contribution in [-0.2, 0) is 4.79 Å². The lowest BCUT2D eigenvalue weighted by Crippen LogP contribution is -2.48. The summed E-state index contributed by atoms with van der Waals surface area (Å²) in [5.41, 5.74) is 0.305. The number of halogens is 1. The fraction of sp³-hybridized carbons (Fsp3) is 0.636. The fourth-order valence-electron chi connectivity index (χ4n) is 4.34. The van der Waals surface area contributed by atoms with Gasteiger partial charge in [0.1, 0.15) is 11.7 Å². The minimum atomic E-state index is -1.16. The van der Waals surface area contributed by atoms with Crippen molar-refractivity contribution in [1.82, 2.24) is 4.90 Å². The monoisotopic (exact) mass is 403 g/mol. The molecular weight excluding hydrogens is 374 g/mol. The van der Waals surface area contributed by atoms with E-state index < -0.39 is 5.60 Å². The Morgan fingerprint density at radius 2 is 2.14 bits per heavy atom. The van der Waals surface area contributed by atoms with Crippen LogP contribution in [0.5, 0.6) is 0 Å². The topological polar surface area (TPSA) is 67.6 Å². The van der Waals surface area contributed by atoms with E-state index in [-0.39, 0.29) is 11.9 Å². The highest BCUT2D eigenvalue weighted by Crippen LogP contribution is 2.34. The Morgan fingerprint density at radius 3 is 2.75 bits per heavy atom. The van der Waals surface area contributed by atoms with Gasteiger partial charge in [0.05, 0.1) is 10.6 Å². The van der Waals surface area contributed by atoms with E-state index in [9.17, 15) is 9.90 Å². The van der Waals surface area contributed by atoms with Crippen molar-refractivity contribution in [2.24, 2.45) is 5.92 Å². The predicted molar refractivity (Wildman–Crippen MR) is 111 cm³/mol. The van der Waals surface area contributed by atoms with E-state index in [1.807, 2.05) is 17.0 Å². The first-order valence-electron chi connectivity index (χ1n) is 10.3. The van der Waals surface area contributed by atoms with Crippen LogP contribution < -0.4 is 4.90 Å². The molecule has 1 atom stereocenters. The molecular formula is C22H30ClN3O2. The van der Waals surface area contributed by atoms with Gasteiger partial charge in [0.15, 0.2) is 0 Å². The van der Waals surface area contributed by atoms with Gasteiger partial charge >= 0.3 is 0 Å². The number of hydrogen-bond donors (Lipinski definition) is 1. The van der Waals surface area contributed by atoms with Crippen LogP contribution in [0.15, 0.2) is 18.2 Å². The minimum absolute atomic E-state index is 0.103. The van der Waals surface area contributed by atoms with Gasteiger partial charge in [0, 0.05) is 31.4 Å². The molecule has 5 nitrogen and oxygen atoms in total. The van der Waals surface area contributed by atoms with Gasteiger partial charge in [-0.25, -0.2) is 0 Å². The molecule has 1 saturated carbocycles. The Labute approximate surface area is 172 Å². The van der Waals surface area contributed by atoms with Gasteiger partial charge in [-0.3, -0.25) is 4.79 Å². The molecule has 1 aliphatic heterocycles. The molecule has 1 heterocycles. The average Bonchev–Trinajstić information content (AvgIpc) is 3.31. The summed E-state index contributed by atoms with van der Waals surface area (Å²) in [5, 5.41) is 20.3. The molecule has 152 valence electrons. The first kappa shape index (κ1) is 21.0. The summed E-state index contributed by atoms with van der Waals surface area (Å²) in [6.45, 7) is 6.57. The lowest BCUT2D eigenvalue weighted by Gasteiger charge is -2.33. The molecule has 28 heavy (non-hydrogen) atoms. The summed E-state index contributed by atoms with van der Waals surface area (Å²) in [7, 11) is 0. The zero-order valence-electron chi connectivity index (χ0n) is 16.8. The highest BCUT2D eigenvalue weighted by atomic mass is 35.5. The molecule has 1 aliphatic carbocycles. The van der Waals surface area contributed by atoms with E-state index >= 15 is 0 Å². The Hall–Kier alpha value is -1.77. The summed E-state index contributed by atoms with van der Waals surface area (Å²) in [6, 6.07) is 7.86. The number of hydrogen-bond acceptors (Lipinski definition) is 4. The molecule has 3 rings (SSSR count). The highest BCUT2D eigenvalue weighted by molar-refractivity contribution is 6.32. The van der Waals surface area contributed by atoms with Crippen molar-refractivity contribution < 1.29 is 9.90 Å². The van der Waals surface area contributed by atoms with Crippen LogP contribution in [0.3, 0.4) is 0 Å². The minimum Gasteiger partial charge on any atom is -0.380 e. The lowest BCUT2D eigenvalue weighted by atomic mass is 10.0. The van der Waals surface area contributed by atoms with Crippen LogP contribution in [-0.4, -0.2) is 47.2 Å². The number of benzene rings is 1. The lowest BCUT2D eigenvalue weighted by molar-refractivity contribution is -0.149. The Morgan fingerprint density at radius 1 is 1.43 bits per heavy atom. The van der Waals surface area contributed by atoms with Gasteiger partial charge in [-0.2, -0.15) is 5.26 Å². The number of carbonyl (C=O) groups excluding carboxylic acids is 1. The number of amides is 1. The standard InChI is InChI=1S/C22H30ClN3O2/c1-16(2)7-12-26(18-6-5-17(14-24)20(23)13-18)19-8-11-25(15-19)21(27)22(28)9-3-4-10-22/h5-6,13,16,19,28H,3-4,7-12,15H2,1-2H3. The van der Waals surface area contributed by atoms with Crippen molar-refractivity contribution in [3.63, 3.8) is 0 Å². The Bertz CT molecular complexity index is 753. The molecule has 0 bridgehead atoms. The van der Waals surface area contributed by atoms with E-state index in [4.69, 9.17) is 16.9 Å². The molecule has 0 radical (unpaired) electrons. The predicted octanol–water partition coefficient (Wildman–Crippen LogP) is 3.97. The fourth-order valence-corrected chi connectivity index (χ4v) is 4.56. The summed E-state index contributed by atoms with van der Waals surface area (Å²) in [4.78, 5) is 17.0. The van der Waals surface area contributed by atoms with Crippen molar-refractivity contribution in [3.8, 4) is 6.07 Å². The van der Waals surface area contributed by atoms with Gasteiger partial charge in [0.25, 0.3) is 5.91 Å². The van der Waals surface area contributed by atoms with Gasteiger partial charge < -0.3 is 14.9 Å². The molecule has 1 N–H and O–H groups in total. The molecule has 0 aromatic heterocycles. The van der Waals surface area contributed by atoms with E-state index in [1.54, 1.807) is 6.07 Å². The van der Waals surface area contributed by atoms with Crippen LogP contribution >= 0.6 is 11.6 Å². The van der Waals surface area contributed by atoms with Crippen LogP contribution in [0.4, 0.5) is 5.69 Å². The zero-order valence-corrected chi connectivity index (χ0v) is 17.6. The quantitative estimate of drug-likeness (QED) is 0.780. The molecule has 1 amide bonds. The summed E-state index contributed by atoms with van der Waals surface area (Å²) in [6.07, 6.45) is 4.90. The highest BCUT2D eigenvalue weighted by Gasteiger charge is 2.44. The molecule has 6 heteroatoms. The maximum absolute atomic E-state index is 12.9. The molecule has 1 aromatic rings. The number of aliphatic hydroxyl groups is 1. The number of likely N-dealkylation sites (tertiary alicyclic amines) is 1. The van der Waals surface area contributed by atoms with Gasteiger partial charge in [-0.15, -0.1) is 0 Å². The summed E-state index contributed by atoms with van der Waals surface area (Å²) < 4.78 is 0. The van der Waals surface area contributed by atoms with E-state index in [0.717, 1.165) is 37.9 Å². The zero-order chi connectivity index (χ0) is 20.3. The maximum atomic E-state index is 12.9. The van der Waals surface area contributed by atoms with Crippen LogP contribution in [0.1, 0.15) is 57.9 Å². The van der Waals surface area contributed by atoms with Crippen molar-refractivity contribution in [2.45, 2.75) is 64.0 Å². The molecule has 2 fully saturated rings. The second-order valence-corrected chi connectivity index (χ2v) is 8.99. The number of rotatable bonds is 6. The molecule has 0 spiro atoms. The van der Waals surface area contributed by atoms with E-state index in [1.165, 1.54) is 0 Å². The second-order valence-electron chi connectivity index (χ2n) is 8.58. The maximum Gasteiger partial charge on any atom is 0.254 e. The van der Waals surface area contributed by atoms with Gasteiger partial charge in [-0.05, 0) is 62.6 Å². The number of carbonyl (C=O) groups is 1. The molecule has 1 unspecified atom stereocenters. The van der Waals surface area contributed by atoms with Crippen LogP contribution in [0, 0.1) is 17.2 Å². The third kappa shape index (κ3) is 4.45. The second kappa shape index (κ2) is 8.71. The van der Waals surface area contributed by atoms with Crippen LogP contribution in [0.2, 0.25) is 5.02 Å². The van der Waals surface area contributed by atoms with Crippen LogP contribution in [0.25, 0.3) is 0 Å². The van der Waals surface area contributed by atoms with Crippen molar-refractivity contribution in [2.75, 3.05) is 24.5 Å². The van der Waals surface area contributed by atoms with Crippen molar-refractivity contribution in [1.29, 1.82) is 5.26 Å².